The number of aromatic hydroxyl groups is 1. The number of nitrogens with one attached hydrogen (secondary N) is 1. The van der Waals surface area contributed by atoms with Crippen LogP contribution in [0, 0.1) is 24.1 Å². The summed E-state index contributed by atoms with van der Waals surface area (Å²) in [5, 5.41) is 32.4. The van der Waals surface area contributed by atoms with Gasteiger partial charge in [-0.2, -0.15) is 10.4 Å². The van der Waals surface area contributed by atoms with Gasteiger partial charge in [-0.3, -0.25) is 5.10 Å². The molecule has 11 heteroatoms. The van der Waals surface area contributed by atoms with Gasteiger partial charge in [0.1, 0.15) is 29.2 Å². The average Bonchev–Trinajstić information content (AvgIpc) is 3.45. The zero-order valence-corrected chi connectivity index (χ0v) is 18.9. The van der Waals surface area contributed by atoms with Gasteiger partial charge in [-0.05, 0) is 55.5 Å². The monoisotopic (exact) mass is 489 g/mol. The van der Waals surface area contributed by atoms with Crippen LogP contribution in [-0.4, -0.2) is 28.7 Å². The molecule has 0 aliphatic heterocycles. The van der Waals surface area contributed by atoms with E-state index in [0.717, 1.165) is 6.07 Å². The Balaban J connectivity index is 1.72. The first-order valence-electron chi connectivity index (χ1n) is 10.2. The van der Waals surface area contributed by atoms with Crippen molar-refractivity contribution < 1.29 is 22.3 Å². The van der Waals surface area contributed by atoms with Crippen molar-refractivity contribution in [1.82, 2.24) is 15.2 Å². The molecule has 2 aromatic carbocycles. The molecule has 3 aromatic heterocycles. The molecule has 0 bridgehead atoms. The Hall–Kier alpha value is -4.53. The van der Waals surface area contributed by atoms with Gasteiger partial charge in [-0.25, -0.2) is 22.9 Å². The molecule has 0 radical (unpaired) electrons. The van der Waals surface area contributed by atoms with Crippen LogP contribution in [0.15, 0.2) is 63.9 Å². The SMILES string of the molecule is Cc1[nH]nc2nc(-c3ccc(O)cc3F)c(C#N)c(-c3ccc(-c4ccc(S(N)(=O)=O)cc4)o3)c12. The number of primary sulfonamides is 1. The molecule has 9 nitrogen and oxygen atoms in total. The van der Waals surface area contributed by atoms with Gasteiger partial charge < -0.3 is 9.52 Å². The lowest BCUT2D eigenvalue weighted by molar-refractivity contribution is 0.469. The quantitative estimate of drug-likeness (QED) is 0.341. The normalized spacial score (nSPS) is 11.6. The summed E-state index contributed by atoms with van der Waals surface area (Å²) in [6.45, 7) is 1.76. The van der Waals surface area contributed by atoms with Crippen molar-refractivity contribution in [3.8, 4) is 45.7 Å². The molecule has 0 atom stereocenters. The minimum Gasteiger partial charge on any atom is -0.508 e. The van der Waals surface area contributed by atoms with Crippen molar-refractivity contribution in [3.63, 3.8) is 0 Å². The highest BCUT2D eigenvalue weighted by atomic mass is 32.2. The lowest BCUT2D eigenvalue weighted by Crippen LogP contribution is -2.11. The van der Waals surface area contributed by atoms with Gasteiger partial charge in [-0.15, -0.1) is 0 Å². The summed E-state index contributed by atoms with van der Waals surface area (Å²) >= 11 is 0. The van der Waals surface area contributed by atoms with Gasteiger partial charge >= 0.3 is 0 Å². The molecule has 0 aliphatic carbocycles. The van der Waals surface area contributed by atoms with E-state index in [9.17, 15) is 23.2 Å². The maximum atomic E-state index is 14.7. The smallest absolute Gasteiger partial charge is 0.238 e. The Bertz CT molecular complexity index is 1770. The average molecular weight is 489 g/mol. The van der Waals surface area contributed by atoms with Gasteiger partial charge in [0.05, 0.1) is 27.1 Å². The summed E-state index contributed by atoms with van der Waals surface area (Å²) in [5.41, 5.74) is 1.99. The highest BCUT2D eigenvalue weighted by molar-refractivity contribution is 7.89. The molecule has 0 aliphatic rings. The van der Waals surface area contributed by atoms with Gasteiger partial charge in [0.25, 0.3) is 0 Å². The minimum atomic E-state index is -3.84. The molecule has 0 spiro atoms. The fourth-order valence-corrected chi connectivity index (χ4v) is 4.40. The zero-order chi connectivity index (χ0) is 24.9. The Morgan fingerprint density at radius 1 is 1.11 bits per heavy atom. The van der Waals surface area contributed by atoms with Gasteiger partial charge in [0.2, 0.25) is 10.0 Å². The van der Waals surface area contributed by atoms with Crippen LogP contribution in [0.1, 0.15) is 11.3 Å². The fraction of sp³-hybridized carbons (Fsp3) is 0.0417. The number of H-pyrrole nitrogens is 1. The largest absolute Gasteiger partial charge is 0.508 e. The van der Waals surface area contributed by atoms with Crippen molar-refractivity contribution in [2.75, 3.05) is 0 Å². The summed E-state index contributed by atoms with van der Waals surface area (Å²) in [6, 6.07) is 14.8. The number of nitrogens with two attached hydrogens (primary N) is 1. The van der Waals surface area contributed by atoms with Crippen molar-refractivity contribution >= 4 is 21.1 Å². The number of sulfonamides is 1. The Morgan fingerprint density at radius 2 is 1.83 bits per heavy atom. The Morgan fingerprint density at radius 3 is 2.49 bits per heavy atom. The van der Waals surface area contributed by atoms with Crippen LogP contribution in [0.2, 0.25) is 0 Å². The first-order chi connectivity index (χ1) is 16.7. The number of nitrogens with zero attached hydrogens (tertiary/aromatic N) is 3. The second kappa shape index (κ2) is 8.05. The third-order valence-corrected chi connectivity index (χ3v) is 6.45. The number of hydrogen-bond acceptors (Lipinski definition) is 7. The van der Waals surface area contributed by atoms with Gasteiger partial charge in [0, 0.05) is 22.9 Å². The van der Waals surface area contributed by atoms with E-state index in [0.29, 0.717) is 33.7 Å². The van der Waals surface area contributed by atoms with E-state index in [4.69, 9.17) is 9.56 Å². The van der Waals surface area contributed by atoms with E-state index in [2.05, 4.69) is 21.3 Å². The molecule has 0 unspecified atom stereocenters. The summed E-state index contributed by atoms with van der Waals surface area (Å²) in [5.74, 6) is -0.287. The van der Waals surface area contributed by atoms with Crippen LogP contribution in [-0.2, 0) is 10.0 Å². The number of aromatic amines is 1. The number of benzene rings is 2. The number of aryl methyl sites for hydroxylation is 1. The first-order valence-corrected chi connectivity index (χ1v) is 11.7. The second-order valence-corrected chi connectivity index (χ2v) is 9.33. The maximum absolute atomic E-state index is 14.7. The maximum Gasteiger partial charge on any atom is 0.238 e. The molecule has 174 valence electrons. The van der Waals surface area contributed by atoms with Crippen LogP contribution in [0.4, 0.5) is 4.39 Å². The first kappa shape index (κ1) is 22.3. The number of phenolic OH excluding ortho intramolecular Hbond substituents is 1. The molecular formula is C24H16FN5O4S. The number of rotatable bonds is 4. The van der Waals surface area contributed by atoms with E-state index in [-0.39, 0.29) is 33.1 Å². The summed E-state index contributed by atoms with van der Waals surface area (Å²) in [6.07, 6.45) is 0. The van der Waals surface area contributed by atoms with Crippen LogP contribution < -0.4 is 5.14 Å². The number of nitriles is 1. The highest BCUT2D eigenvalue weighted by Crippen LogP contribution is 2.40. The topological polar surface area (TPSA) is 159 Å². The van der Waals surface area contributed by atoms with Crippen LogP contribution in [0.5, 0.6) is 5.75 Å². The van der Waals surface area contributed by atoms with E-state index < -0.39 is 15.8 Å². The van der Waals surface area contributed by atoms with Gasteiger partial charge in [0.15, 0.2) is 5.65 Å². The number of hydrogen-bond donors (Lipinski definition) is 3. The summed E-state index contributed by atoms with van der Waals surface area (Å²) < 4.78 is 43.8. The van der Waals surface area contributed by atoms with Crippen LogP contribution in [0.25, 0.3) is 44.9 Å². The molecule has 3 heterocycles. The second-order valence-electron chi connectivity index (χ2n) is 7.77. The van der Waals surface area contributed by atoms with Gasteiger partial charge in [-0.1, -0.05) is 0 Å². The lowest BCUT2D eigenvalue weighted by atomic mass is 9.96. The standard InChI is InChI=1S/C24H16FN5O4S/c1-12-21-22(20-9-8-19(34-20)13-2-5-15(6-3-13)35(27,32)33)17(11-26)23(28-24(21)30-29-12)16-7-4-14(31)10-18(16)25/h2-10,31H,1H3,(H2,27,32,33)(H,28,29,30). The Kier molecular flexibility index (Phi) is 5.12. The number of pyridine rings is 1. The van der Waals surface area contributed by atoms with Crippen LogP contribution >= 0.6 is 0 Å². The summed E-state index contributed by atoms with van der Waals surface area (Å²) in [7, 11) is -3.84. The van der Waals surface area contributed by atoms with Crippen molar-refractivity contribution in [2.45, 2.75) is 11.8 Å². The third-order valence-electron chi connectivity index (χ3n) is 5.52. The van der Waals surface area contributed by atoms with E-state index in [1.807, 2.05) is 0 Å². The van der Waals surface area contributed by atoms with Crippen molar-refractivity contribution in [2.24, 2.45) is 5.14 Å². The number of phenols is 1. The predicted molar refractivity (Wildman–Crippen MR) is 125 cm³/mol. The van der Waals surface area contributed by atoms with E-state index >= 15 is 0 Å². The molecule has 0 saturated carbocycles. The number of halogens is 1. The Labute approximate surface area is 198 Å². The molecule has 5 rings (SSSR count). The number of aromatic nitrogens is 3. The molecule has 0 amide bonds. The molecule has 35 heavy (non-hydrogen) atoms. The molecule has 0 saturated heterocycles. The molecule has 0 fully saturated rings. The summed E-state index contributed by atoms with van der Waals surface area (Å²) in [4.78, 5) is 4.38. The minimum absolute atomic E-state index is 0.0218. The van der Waals surface area contributed by atoms with E-state index in [1.165, 1.54) is 24.3 Å². The van der Waals surface area contributed by atoms with Crippen LogP contribution in [0.3, 0.4) is 0 Å². The molecule has 5 aromatic rings. The number of fused-ring (bicyclic) bond motifs is 1. The molecule has 4 N–H and O–H groups in total. The lowest BCUT2D eigenvalue weighted by Gasteiger charge is -2.10. The fourth-order valence-electron chi connectivity index (χ4n) is 3.88. The highest BCUT2D eigenvalue weighted by Gasteiger charge is 2.25. The predicted octanol–water partition coefficient (Wildman–Crippen LogP) is 4.22. The van der Waals surface area contributed by atoms with Crippen molar-refractivity contribution in [1.29, 1.82) is 5.26 Å². The van der Waals surface area contributed by atoms with E-state index in [1.54, 1.807) is 31.2 Å². The number of furan rings is 1. The van der Waals surface area contributed by atoms with Crippen molar-refractivity contribution in [3.05, 3.63) is 71.7 Å². The molecular weight excluding hydrogens is 473 g/mol. The third kappa shape index (κ3) is 3.80. The zero-order valence-electron chi connectivity index (χ0n) is 18.1.